The highest BCUT2D eigenvalue weighted by molar-refractivity contribution is 5.94. The van der Waals surface area contributed by atoms with Crippen LogP contribution in [0.25, 0.3) is 5.69 Å². The lowest BCUT2D eigenvalue weighted by atomic mass is 10.1. The number of carbonyl (C=O) groups is 1. The monoisotopic (exact) mass is 397 g/mol. The molecule has 4 nitrogen and oxygen atoms in total. The molecule has 29 heavy (non-hydrogen) atoms. The van der Waals surface area contributed by atoms with Crippen LogP contribution < -0.4 is 5.32 Å². The maximum atomic E-state index is 14.4. The average molecular weight is 397 g/mol. The van der Waals surface area contributed by atoms with Gasteiger partial charge in [-0.15, -0.1) is 0 Å². The molecule has 0 radical (unpaired) electrons. The zero-order valence-electron chi connectivity index (χ0n) is 15.7. The van der Waals surface area contributed by atoms with Crippen LogP contribution >= 0.6 is 0 Å². The Labute approximate surface area is 165 Å². The summed E-state index contributed by atoms with van der Waals surface area (Å²) in [5.74, 6) is -1.42. The van der Waals surface area contributed by atoms with E-state index in [-0.39, 0.29) is 35.6 Å². The second kappa shape index (κ2) is 6.47. The van der Waals surface area contributed by atoms with E-state index >= 15 is 0 Å². The Bertz CT molecular complexity index is 1150. The van der Waals surface area contributed by atoms with Gasteiger partial charge in [-0.25, -0.2) is 17.9 Å². The van der Waals surface area contributed by atoms with E-state index in [4.69, 9.17) is 0 Å². The maximum absolute atomic E-state index is 14.4. The first-order chi connectivity index (χ1) is 13.9. The molecule has 2 atom stereocenters. The first-order valence-electron chi connectivity index (χ1n) is 9.53. The molecule has 2 aromatic carbocycles. The lowest BCUT2D eigenvalue weighted by molar-refractivity contribution is 0.0944. The summed E-state index contributed by atoms with van der Waals surface area (Å²) in [5.41, 5.74) is 3.61. The molecule has 0 spiro atoms. The van der Waals surface area contributed by atoms with Crippen molar-refractivity contribution in [2.24, 2.45) is 5.92 Å². The van der Waals surface area contributed by atoms with Crippen molar-refractivity contribution in [2.45, 2.75) is 32.2 Å². The fourth-order valence-corrected chi connectivity index (χ4v) is 4.22. The number of amides is 1. The summed E-state index contributed by atoms with van der Waals surface area (Å²) in [6, 6.07) is 7.76. The van der Waals surface area contributed by atoms with Crippen LogP contribution in [0.2, 0.25) is 0 Å². The number of hydrogen-bond donors (Lipinski definition) is 1. The van der Waals surface area contributed by atoms with Gasteiger partial charge in [-0.1, -0.05) is 6.07 Å². The first-order valence-corrected chi connectivity index (χ1v) is 9.53. The van der Waals surface area contributed by atoms with Crippen LogP contribution in [0.3, 0.4) is 0 Å². The Morgan fingerprint density at radius 1 is 1.17 bits per heavy atom. The van der Waals surface area contributed by atoms with Crippen molar-refractivity contribution in [3.8, 4) is 5.69 Å². The molecule has 2 aliphatic carbocycles. The number of rotatable bonds is 4. The minimum Gasteiger partial charge on any atom is -0.347 e. The molecule has 0 saturated heterocycles. The lowest BCUT2D eigenvalue weighted by Gasteiger charge is -2.08. The number of carbonyl (C=O) groups excluding carboxylic acids is 1. The Morgan fingerprint density at radius 3 is 2.72 bits per heavy atom. The Balaban J connectivity index is 1.47. The molecule has 1 heterocycles. The molecule has 1 aromatic heterocycles. The highest BCUT2D eigenvalue weighted by Crippen LogP contribution is 2.57. The molecule has 7 heteroatoms. The Kier molecular flexibility index (Phi) is 4.01. The fourth-order valence-electron chi connectivity index (χ4n) is 4.22. The summed E-state index contributed by atoms with van der Waals surface area (Å²) in [4.78, 5) is 12.8. The van der Waals surface area contributed by atoms with Crippen LogP contribution in [0.15, 0.2) is 36.4 Å². The first kappa shape index (κ1) is 18.0. The summed E-state index contributed by atoms with van der Waals surface area (Å²) >= 11 is 0. The van der Waals surface area contributed by atoms with E-state index in [1.165, 1.54) is 28.9 Å². The summed E-state index contributed by atoms with van der Waals surface area (Å²) in [6.45, 7) is 2.01. The van der Waals surface area contributed by atoms with Crippen molar-refractivity contribution in [3.05, 3.63) is 81.9 Å². The largest absolute Gasteiger partial charge is 0.347 e. The van der Waals surface area contributed by atoms with Crippen LogP contribution in [0, 0.1) is 30.3 Å². The van der Waals surface area contributed by atoms with Gasteiger partial charge < -0.3 is 5.32 Å². The van der Waals surface area contributed by atoms with Crippen LogP contribution in [-0.2, 0) is 13.0 Å². The van der Waals surface area contributed by atoms with Crippen LogP contribution in [0.5, 0.6) is 0 Å². The van der Waals surface area contributed by atoms with Crippen molar-refractivity contribution in [1.82, 2.24) is 15.1 Å². The van der Waals surface area contributed by atoms with E-state index in [0.717, 1.165) is 35.7 Å². The van der Waals surface area contributed by atoms with Crippen molar-refractivity contribution in [3.63, 3.8) is 0 Å². The predicted octanol–water partition coefficient (Wildman–Crippen LogP) is 4.19. The third-order valence-corrected chi connectivity index (χ3v) is 5.87. The maximum Gasteiger partial charge on any atom is 0.272 e. The molecule has 0 unspecified atom stereocenters. The van der Waals surface area contributed by atoms with E-state index in [2.05, 4.69) is 10.4 Å². The number of aromatic nitrogens is 2. The SMILES string of the molecule is Cc1ccc(F)cc1CNC(=O)c1nn(-c2ccc(F)cc2F)c2c1C[C@H]1C[C@@H]21. The molecule has 1 amide bonds. The number of fused-ring (bicyclic) bond motifs is 3. The van der Waals surface area contributed by atoms with Crippen molar-refractivity contribution in [1.29, 1.82) is 0 Å². The number of nitrogens with zero attached hydrogens (tertiary/aromatic N) is 2. The molecular weight excluding hydrogens is 379 g/mol. The van der Waals surface area contributed by atoms with E-state index in [1.54, 1.807) is 6.07 Å². The van der Waals surface area contributed by atoms with Crippen LogP contribution in [-0.4, -0.2) is 15.7 Å². The number of benzene rings is 2. The normalized spacial score (nSPS) is 19.0. The number of nitrogens with one attached hydrogen (secondary N) is 1. The fraction of sp³-hybridized carbons (Fsp3) is 0.273. The van der Waals surface area contributed by atoms with Crippen LogP contribution in [0.4, 0.5) is 13.2 Å². The van der Waals surface area contributed by atoms with Gasteiger partial charge in [0, 0.05) is 24.1 Å². The number of halogens is 3. The summed E-state index contributed by atoms with van der Waals surface area (Å²) < 4.78 is 42.6. The third-order valence-electron chi connectivity index (χ3n) is 5.87. The molecule has 1 N–H and O–H groups in total. The lowest BCUT2D eigenvalue weighted by Crippen LogP contribution is -2.25. The average Bonchev–Trinajstić information content (AvgIpc) is 3.18. The third kappa shape index (κ3) is 3.01. The van der Waals surface area contributed by atoms with Gasteiger partial charge >= 0.3 is 0 Å². The molecule has 1 saturated carbocycles. The highest BCUT2D eigenvalue weighted by Gasteiger charge is 2.50. The minimum absolute atomic E-state index is 0.134. The second-order valence-corrected chi connectivity index (χ2v) is 7.78. The summed E-state index contributed by atoms with van der Waals surface area (Å²) in [7, 11) is 0. The predicted molar refractivity (Wildman–Crippen MR) is 100 cm³/mol. The van der Waals surface area contributed by atoms with E-state index in [9.17, 15) is 18.0 Å². The van der Waals surface area contributed by atoms with Gasteiger partial charge in [0.05, 0.1) is 5.69 Å². The highest BCUT2D eigenvalue weighted by atomic mass is 19.1. The van der Waals surface area contributed by atoms with Gasteiger partial charge in [0.25, 0.3) is 5.91 Å². The molecule has 0 bridgehead atoms. The zero-order valence-corrected chi connectivity index (χ0v) is 15.7. The van der Waals surface area contributed by atoms with Gasteiger partial charge in [-0.3, -0.25) is 4.79 Å². The van der Waals surface area contributed by atoms with Crippen molar-refractivity contribution in [2.75, 3.05) is 0 Å². The van der Waals surface area contributed by atoms with Gasteiger partial charge in [0.2, 0.25) is 0 Å². The molecule has 0 aliphatic heterocycles. The molecule has 148 valence electrons. The minimum atomic E-state index is -0.721. The smallest absolute Gasteiger partial charge is 0.272 e. The Morgan fingerprint density at radius 2 is 1.93 bits per heavy atom. The summed E-state index contributed by atoms with van der Waals surface area (Å²) in [6.07, 6.45) is 1.72. The molecule has 5 rings (SSSR count). The van der Waals surface area contributed by atoms with E-state index < -0.39 is 11.6 Å². The zero-order chi connectivity index (χ0) is 20.3. The van der Waals surface area contributed by atoms with Crippen molar-refractivity contribution >= 4 is 5.91 Å². The van der Waals surface area contributed by atoms with Gasteiger partial charge in [-0.05, 0) is 61.1 Å². The van der Waals surface area contributed by atoms with E-state index in [0.29, 0.717) is 11.5 Å². The molecule has 3 aromatic rings. The Hall–Kier alpha value is -3.09. The molecule has 1 fully saturated rings. The number of hydrogen-bond acceptors (Lipinski definition) is 2. The topological polar surface area (TPSA) is 46.9 Å². The van der Waals surface area contributed by atoms with Gasteiger partial charge in [0.15, 0.2) is 11.5 Å². The van der Waals surface area contributed by atoms with Crippen molar-refractivity contribution < 1.29 is 18.0 Å². The van der Waals surface area contributed by atoms with Crippen LogP contribution in [0.1, 0.15) is 45.2 Å². The van der Waals surface area contributed by atoms with Gasteiger partial charge in [0.1, 0.15) is 17.3 Å². The van der Waals surface area contributed by atoms with E-state index in [1.807, 2.05) is 6.92 Å². The molecular formula is C22H18F3N3O. The quantitative estimate of drug-likeness (QED) is 0.718. The van der Waals surface area contributed by atoms with Gasteiger partial charge in [-0.2, -0.15) is 5.10 Å². The number of aryl methyl sites for hydroxylation is 1. The standard InChI is InChI=1S/C22H18F3N3O/c1-11-2-3-14(23)6-13(11)10-26-22(29)20-17-8-12-7-16(12)21(17)28(27-20)19-5-4-15(24)9-18(19)25/h2-6,9,12,16H,7-8,10H2,1H3,(H,26,29)/t12-,16-/m1/s1. The molecule has 2 aliphatic rings. The second-order valence-electron chi connectivity index (χ2n) is 7.78. The summed E-state index contributed by atoms with van der Waals surface area (Å²) in [5, 5.41) is 7.19.